The number of nitriles is 2. The largest absolute Gasteiger partial charge is 0.192 e. The summed E-state index contributed by atoms with van der Waals surface area (Å²) in [4.78, 5) is 0. The van der Waals surface area contributed by atoms with Gasteiger partial charge in [-0.15, -0.1) is 22.7 Å². The van der Waals surface area contributed by atoms with Crippen LogP contribution in [0.25, 0.3) is 84.9 Å². The molecule has 2 aromatic heterocycles. The Hall–Kier alpha value is -6.04. The minimum atomic E-state index is 0.571. The van der Waals surface area contributed by atoms with Crippen molar-refractivity contribution in [3.8, 4) is 56.6 Å². The Balaban J connectivity index is 1.26. The van der Waals surface area contributed by atoms with Crippen LogP contribution in [0.5, 0.6) is 0 Å². The first-order valence-corrected chi connectivity index (χ1v) is 17.3. The van der Waals surface area contributed by atoms with Crippen molar-refractivity contribution in [2.24, 2.45) is 0 Å². The number of fused-ring (bicyclic) bond motifs is 6. The third-order valence-electron chi connectivity index (χ3n) is 9.16. The molecule has 0 aliphatic carbocycles. The van der Waals surface area contributed by atoms with Gasteiger partial charge in [-0.1, -0.05) is 78.9 Å². The Kier molecular flexibility index (Phi) is 6.66. The molecular formula is C44H24N2S2. The lowest BCUT2D eigenvalue weighted by Crippen LogP contribution is -1.91. The average molecular weight is 645 g/mol. The van der Waals surface area contributed by atoms with Crippen LogP contribution in [0.3, 0.4) is 0 Å². The van der Waals surface area contributed by atoms with Crippen molar-refractivity contribution in [2.45, 2.75) is 0 Å². The zero-order valence-electron chi connectivity index (χ0n) is 25.6. The highest BCUT2D eigenvalue weighted by Gasteiger charge is 2.15. The van der Waals surface area contributed by atoms with Crippen LogP contribution in [0, 0.1) is 22.7 Å². The van der Waals surface area contributed by atoms with E-state index in [1.807, 2.05) is 65.1 Å². The molecule has 0 spiro atoms. The molecule has 2 nitrogen and oxygen atoms in total. The molecule has 2 heterocycles. The number of hydrogen-bond acceptors (Lipinski definition) is 4. The van der Waals surface area contributed by atoms with Crippen molar-refractivity contribution in [1.29, 1.82) is 10.5 Å². The summed E-state index contributed by atoms with van der Waals surface area (Å²) < 4.78 is 5.11. The fourth-order valence-corrected chi connectivity index (χ4v) is 8.99. The van der Waals surface area contributed by atoms with Gasteiger partial charge in [-0.05, 0) is 111 Å². The van der Waals surface area contributed by atoms with E-state index >= 15 is 0 Å². The van der Waals surface area contributed by atoms with Gasteiger partial charge in [0.2, 0.25) is 0 Å². The maximum Gasteiger partial charge on any atom is 0.0998 e. The molecule has 0 aliphatic rings. The highest BCUT2D eigenvalue weighted by Crippen LogP contribution is 2.41. The molecule has 0 saturated heterocycles. The van der Waals surface area contributed by atoms with Crippen molar-refractivity contribution >= 4 is 63.0 Å². The Bertz CT molecular complexity index is 2690. The Morgan fingerprint density at radius 1 is 0.333 bits per heavy atom. The molecule has 0 amide bonds. The second-order valence-electron chi connectivity index (χ2n) is 11.9. The molecule has 0 bridgehead atoms. The summed E-state index contributed by atoms with van der Waals surface area (Å²) in [6.07, 6.45) is 0. The maximum atomic E-state index is 10.4. The van der Waals surface area contributed by atoms with Crippen molar-refractivity contribution in [3.63, 3.8) is 0 Å². The third kappa shape index (κ3) is 4.67. The van der Waals surface area contributed by atoms with Crippen LogP contribution in [0.15, 0.2) is 146 Å². The number of rotatable bonds is 4. The van der Waals surface area contributed by atoms with Gasteiger partial charge in [-0.3, -0.25) is 0 Å². The van der Waals surface area contributed by atoms with E-state index in [1.165, 1.54) is 40.3 Å². The summed E-state index contributed by atoms with van der Waals surface area (Å²) in [6, 6.07) is 55.6. The van der Waals surface area contributed by atoms with E-state index in [0.29, 0.717) is 11.1 Å². The van der Waals surface area contributed by atoms with E-state index < -0.39 is 0 Å². The molecule has 0 unspecified atom stereocenters. The van der Waals surface area contributed by atoms with E-state index in [9.17, 15) is 10.5 Å². The lowest BCUT2D eigenvalue weighted by atomic mass is 9.89. The summed E-state index contributed by atoms with van der Waals surface area (Å²) in [5.41, 5.74) is 9.14. The maximum absolute atomic E-state index is 10.4. The fourth-order valence-electron chi connectivity index (χ4n) is 6.82. The minimum absolute atomic E-state index is 0.571. The molecule has 4 heteroatoms. The molecule has 9 rings (SSSR count). The number of thiophene rings is 2. The molecule has 222 valence electrons. The SMILES string of the molecule is N#Cc1ccccc1-c1ccc(-c2cc(-c3ccc4sc5ccccc5c4c3)cc(-c3ccc4sc5ccccc5c4c3)c2)c(C#N)c1. The molecule has 0 radical (unpaired) electrons. The van der Waals surface area contributed by atoms with Crippen LogP contribution in [-0.4, -0.2) is 0 Å². The molecule has 0 atom stereocenters. The molecule has 0 aliphatic heterocycles. The topological polar surface area (TPSA) is 47.6 Å². The Morgan fingerprint density at radius 3 is 1.42 bits per heavy atom. The van der Waals surface area contributed by atoms with E-state index in [2.05, 4.69) is 115 Å². The molecule has 0 fully saturated rings. The van der Waals surface area contributed by atoms with Crippen molar-refractivity contribution in [2.75, 3.05) is 0 Å². The van der Waals surface area contributed by atoms with Crippen LogP contribution >= 0.6 is 22.7 Å². The van der Waals surface area contributed by atoms with E-state index in [0.717, 1.165) is 44.5 Å². The second-order valence-corrected chi connectivity index (χ2v) is 14.1. The normalized spacial score (nSPS) is 11.3. The van der Waals surface area contributed by atoms with E-state index in [4.69, 9.17) is 0 Å². The highest BCUT2D eigenvalue weighted by atomic mass is 32.1. The summed E-state index contributed by atoms with van der Waals surface area (Å²) in [5.74, 6) is 0. The van der Waals surface area contributed by atoms with Crippen LogP contribution in [0.1, 0.15) is 11.1 Å². The van der Waals surface area contributed by atoms with E-state index in [-0.39, 0.29) is 0 Å². The second kappa shape index (κ2) is 11.3. The first kappa shape index (κ1) is 28.2. The summed E-state index contributed by atoms with van der Waals surface area (Å²) in [5, 5.41) is 25.2. The third-order valence-corrected chi connectivity index (χ3v) is 11.5. The molecule has 9 aromatic rings. The van der Waals surface area contributed by atoms with Gasteiger partial charge in [0.15, 0.2) is 0 Å². The standard InChI is InChI=1S/C44H24N2S2/c45-25-30-7-1-2-8-35(30)29-13-16-36(34(19-29)26-46)33-21-31(27-14-17-43-39(23-27)37-9-3-5-11-41(37)47-43)20-32(22-33)28-15-18-44-40(24-28)38-10-4-6-12-42(38)48-44/h1-24H. The van der Waals surface area contributed by atoms with Gasteiger partial charge in [0.05, 0.1) is 23.3 Å². The number of nitrogens with zero attached hydrogens (tertiary/aromatic N) is 2. The van der Waals surface area contributed by atoms with Crippen molar-refractivity contribution < 1.29 is 0 Å². The van der Waals surface area contributed by atoms with Gasteiger partial charge in [0.25, 0.3) is 0 Å². The van der Waals surface area contributed by atoms with Gasteiger partial charge in [0, 0.05) is 40.3 Å². The first-order chi connectivity index (χ1) is 23.7. The molecule has 7 aromatic carbocycles. The van der Waals surface area contributed by atoms with Crippen LogP contribution in [0.4, 0.5) is 0 Å². The van der Waals surface area contributed by atoms with Crippen molar-refractivity contribution in [3.05, 3.63) is 157 Å². The molecule has 48 heavy (non-hydrogen) atoms. The summed E-state index contributed by atoms with van der Waals surface area (Å²) in [6.45, 7) is 0. The molecule has 0 saturated carbocycles. The average Bonchev–Trinajstić information content (AvgIpc) is 3.72. The fraction of sp³-hybridized carbons (Fsp3) is 0. The molecular weight excluding hydrogens is 621 g/mol. The Morgan fingerprint density at radius 2 is 0.812 bits per heavy atom. The zero-order chi connectivity index (χ0) is 32.2. The quantitative estimate of drug-likeness (QED) is 0.191. The minimum Gasteiger partial charge on any atom is -0.192 e. The van der Waals surface area contributed by atoms with Gasteiger partial charge in [-0.2, -0.15) is 10.5 Å². The van der Waals surface area contributed by atoms with Crippen molar-refractivity contribution in [1.82, 2.24) is 0 Å². The monoisotopic (exact) mass is 644 g/mol. The van der Waals surface area contributed by atoms with E-state index in [1.54, 1.807) is 0 Å². The number of benzene rings is 7. The Labute approximate surface area is 285 Å². The summed E-state index contributed by atoms with van der Waals surface area (Å²) in [7, 11) is 0. The van der Waals surface area contributed by atoms with Gasteiger partial charge in [-0.25, -0.2) is 0 Å². The smallest absolute Gasteiger partial charge is 0.0998 e. The lowest BCUT2D eigenvalue weighted by Gasteiger charge is -2.14. The molecule has 0 N–H and O–H groups in total. The predicted octanol–water partition coefficient (Wildman–Crippen LogP) is 12.8. The van der Waals surface area contributed by atoms with Crippen LogP contribution < -0.4 is 0 Å². The predicted molar refractivity (Wildman–Crippen MR) is 203 cm³/mol. The van der Waals surface area contributed by atoms with Crippen LogP contribution in [0.2, 0.25) is 0 Å². The first-order valence-electron chi connectivity index (χ1n) is 15.7. The zero-order valence-corrected chi connectivity index (χ0v) is 27.2. The number of hydrogen-bond donors (Lipinski definition) is 0. The lowest BCUT2D eigenvalue weighted by molar-refractivity contribution is 1.46. The van der Waals surface area contributed by atoms with Crippen LogP contribution in [-0.2, 0) is 0 Å². The van der Waals surface area contributed by atoms with Gasteiger partial charge >= 0.3 is 0 Å². The summed E-state index contributed by atoms with van der Waals surface area (Å²) >= 11 is 3.64. The van der Waals surface area contributed by atoms with Gasteiger partial charge in [0.1, 0.15) is 0 Å². The van der Waals surface area contributed by atoms with Gasteiger partial charge < -0.3 is 0 Å². The highest BCUT2D eigenvalue weighted by molar-refractivity contribution is 7.26.